The Hall–Kier alpha value is -1.38. The highest BCUT2D eigenvalue weighted by molar-refractivity contribution is 7.10. The zero-order valence-electron chi connectivity index (χ0n) is 13.0. The van der Waals surface area contributed by atoms with Crippen LogP contribution in [0.15, 0.2) is 47.9 Å². The van der Waals surface area contributed by atoms with E-state index >= 15 is 0 Å². The maximum atomic E-state index is 6.70. The zero-order chi connectivity index (χ0) is 15.0. The minimum atomic E-state index is -0.252. The van der Waals surface area contributed by atoms with Crippen molar-refractivity contribution in [1.29, 1.82) is 0 Å². The van der Waals surface area contributed by atoms with E-state index in [9.17, 15) is 0 Å². The van der Waals surface area contributed by atoms with Gasteiger partial charge in [-0.05, 0) is 47.4 Å². The number of thiophene rings is 1. The highest BCUT2D eigenvalue weighted by Crippen LogP contribution is 2.45. The maximum absolute atomic E-state index is 6.70. The van der Waals surface area contributed by atoms with Gasteiger partial charge < -0.3 is 5.73 Å². The molecular formula is C19H23NS. The van der Waals surface area contributed by atoms with Crippen molar-refractivity contribution in [3.05, 3.63) is 63.9 Å². The molecule has 21 heavy (non-hydrogen) atoms. The van der Waals surface area contributed by atoms with E-state index in [1.165, 1.54) is 21.6 Å². The average molecular weight is 297 g/mol. The smallest absolute Gasteiger partial charge is 0.0547 e. The predicted molar refractivity (Wildman–Crippen MR) is 92.3 cm³/mol. The highest BCUT2D eigenvalue weighted by atomic mass is 32.1. The summed E-state index contributed by atoms with van der Waals surface area (Å²) in [4.78, 5) is 1.34. The molecule has 1 aliphatic carbocycles. The van der Waals surface area contributed by atoms with Gasteiger partial charge in [0.2, 0.25) is 0 Å². The number of hydrogen-bond donors (Lipinski definition) is 1. The number of fused-ring (bicyclic) bond motifs is 1. The van der Waals surface area contributed by atoms with Crippen LogP contribution in [0.5, 0.6) is 0 Å². The molecule has 0 radical (unpaired) electrons. The van der Waals surface area contributed by atoms with Crippen LogP contribution in [-0.4, -0.2) is 0 Å². The van der Waals surface area contributed by atoms with Crippen LogP contribution in [0.2, 0.25) is 0 Å². The summed E-state index contributed by atoms with van der Waals surface area (Å²) in [6, 6.07) is 12.9. The first-order chi connectivity index (χ1) is 10.00. The molecule has 0 saturated heterocycles. The van der Waals surface area contributed by atoms with Crippen molar-refractivity contribution >= 4 is 16.9 Å². The molecule has 0 spiro atoms. The van der Waals surface area contributed by atoms with E-state index in [1.54, 1.807) is 11.3 Å². The molecule has 0 fully saturated rings. The van der Waals surface area contributed by atoms with Gasteiger partial charge in [0.25, 0.3) is 0 Å². The third kappa shape index (κ3) is 2.58. The first kappa shape index (κ1) is 14.6. The Kier molecular flexibility index (Phi) is 3.76. The molecule has 1 heterocycles. The summed E-state index contributed by atoms with van der Waals surface area (Å²) < 4.78 is 0. The monoisotopic (exact) mass is 297 g/mol. The third-order valence-corrected chi connectivity index (χ3v) is 5.70. The lowest BCUT2D eigenvalue weighted by molar-refractivity contribution is 0.284. The van der Waals surface area contributed by atoms with E-state index in [-0.39, 0.29) is 5.54 Å². The second kappa shape index (κ2) is 5.43. The Bertz CT molecular complexity index is 649. The standard InChI is InChI=1S/C19H23NS/c1-13(2)17-12-15(11-14-7-5-4-6-8-14)16-9-10-21-18(16)19(17,3)20/h4-10,12-13,17H,11,20H2,1-3H3. The number of allylic oxidation sites excluding steroid dienone is 1. The number of benzene rings is 1. The van der Waals surface area contributed by atoms with Crippen LogP contribution in [0.25, 0.3) is 5.57 Å². The molecule has 2 aromatic rings. The minimum absolute atomic E-state index is 0.252. The molecule has 2 atom stereocenters. The molecule has 3 rings (SSSR count). The first-order valence-corrected chi connectivity index (χ1v) is 8.50. The summed E-state index contributed by atoms with van der Waals surface area (Å²) in [6.07, 6.45) is 3.41. The van der Waals surface area contributed by atoms with Crippen LogP contribution in [0, 0.1) is 11.8 Å². The van der Waals surface area contributed by atoms with Crippen molar-refractivity contribution in [2.24, 2.45) is 17.6 Å². The van der Waals surface area contributed by atoms with E-state index in [1.807, 2.05) is 0 Å². The highest BCUT2D eigenvalue weighted by Gasteiger charge is 2.39. The summed E-state index contributed by atoms with van der Waals surface area (Å²) in [7, 11) is 0. The van der Waals surface area contributed by atoms with Gasteiger partial charge in [-0.3, -0.25) is 0 Å². The van der Waals surface area contributed by atoms with E-state index < -0.39 is 0 Å². The normalized spacial score (nSPS) is 24.8. The molecule has 1 aromatic carbocycles. The van der Waals surface area contributed by atoms with Crippen molar-refractivity contribution in [2.45, 2.75) is 32.7 Å². The quantitative estimate of drug-likeness (QED) is 0.862. The summed E-state index contributed by atoms with van der Waals surface area (Å²) in [5.74, 6) is 0.934. The first-order valence-electron chi connectivity index (χ1n) is 7.62. The molecule has 2 N–H and O–H groups in total. The molecule has 0 saturated carbocycles. The Morgan fingerprint density at radius 1 is 1.19 bits per heavy atom. The SMILES string of the molecule is CC(C)C1C=C(Cc2ccccc2)c2ccsc2C1(C)N. The Labute approximate surface area is 131 Å². The summed E-state index contributed by atoms with van der Waals surface area (Å²) in [5, 5.41) is 2.18. The van der Waals surface area contributed by atoms with Crippen molar-refractivity contribution < 1.29 is 0 Å². The van der Waals surface area contributed by atoms with Gasteiger partial charge in [-0.15, -0.1) is 11.3 Å². The number of rotatable bonds is 3. The van der Waals surface area contributed by atoms with Crippen molar-refractivity contribution in [2.75, 3.05) is 0 Å². The second-order valence-electron chi connectivity index (χ2n) is 6.57. The molecule has 2 unspecified atom stereocenters. The number of nitrogens with two attached hydrogens (primary N) is 1. The fourth-order valence-electron chi connectivity index (χ4n) is 3.47. The van der Waals surface area contributed by atoms with Crippen LogP contribution in [0.1, 0.15) is 36.8 Å². The fraction of sp³-hybridized carbons (Fsp3) is 0.368. The predicted octanol–water partition coefficient (Wildman–Crippen LogP) is 4.83. The van der Waals surface area contributed by atoms with Gasteiger partial charge in [-0.1, -0.05) is 50.3 Å². The molecule has 0 aliphatic heterocycles. The molecule has 1 nitrogen and oxygen atoms in total. The number of hydrogen-bond acceptors (Lipinski definition) is 2. The van der Waals surface area contributed by atoms with Gasteiger partial charge in [0.05, 0.1) is 5.54 Å². The molecule has 110 valence electrons. The zero-order valence-corrected chi connectivity index (χ0v) is 13.8. The minimum Gasteiger partial charge on any atom is -0.320 e. The van der Waals surface area contributed by atoms with Crippen LogP contribution in [0.4, 0.5) is 0 Å². The molecule has 2 heteroatoms. The summed E-state index contributed by atoms with van der Waals surface area (Å²) >= 11 is 1.80. The van der Waals surface area contributed by atoms with E-state index in [0.29, 0.717) is 11.8 Å². The topological polar surface area (TPSA) is 26.0 Å². The van der Waals surface area contributed by atoms with Crippen LogP contribution in [-0.2, 0) is 12.0 Å². The van der Waals surface area contributed by atoms with E-state index in [2.05, 4.69) is 68.6 Å². The summed E-state index contributed by atoms with van der Waals surface area (Å²) in [5.41, 5.74) is 10.6. The van der Waals surface area contributed by atoms with Gasteiger partial charge >= 0.3 is 0 Å². The average Bonchev–Trinajstić information content (AvgIpc) is 2.93. The summed E-state index contributed by atoms with van der Waals surface area (Å²) in [6.45, 7) is 6.72. The van der Waals surface area contributed by atoms with Gasteiger partial charge in [-0.25, -0.2) is 0 Å². The molecule has 0 bridgehead atoms. The third-order valence-electron chi connectivity index (χ3n) is 4.53. The Morgan fingerprint density at radius 3 is 2.57 bits per heavy atom. The molecular weight excluding hydrogens is 274 g/mol. The van der Waals surface area contributed by atoms with E-state index in [0.717, 1.165) is 6.42 Å². The van der Waals surface area contributed by atoms with Gasteiger partial charge in [0.15, 0.2) is 0 Å². The molecule has 0 amide bonds. The second-order valence-corrected chi connectivity index (χ2v) is 7.49. The van der Waals surface area contributed by atoms with Crippen LogP contribution >= 0.6 is 11.3 Å². The largest absolute Gasteiger partial charge is 0.320 e. The lowest BCUT2D eigenvalue weighted by atomic mass is 9.71. The van der Waals surface area contributed by atoms with Gasteiger partial charge in [-0.2, -0.15) is 0 Å². The van der Waals surface area contributed by atoms with Gasteiger partial charge in [0, 0.05) is 10.8 Å². The Balaban J connectivity index is 2.03. The lowest BCUT2D eigenvalue weighted by Gasteiger charge is -2.39. The fourth-order valence-corrected chi connectivity index (χ4v) is 4.52. The van der Waals surface area contributed by atoms with Crippen molar-refractivity contribution in [3.63, 3.8) is 0 Å². The van der Waals surface area contributed by atoms with Crippen LogP contribution < -0.4 is 5.73 Å². The Morgan fingerprint density at radius 2 is 1.90 bits per heavy atom. The van der Waals surface area contributed by atoms with Crippen molar-refractivity contribution in [1.82, 2.24) is 0 Å². The van der Waals surface area contributed by atoms with Crippen molar-refractivity contribution in [3.8, 4) is 0 Å². The maximum Gasteiger partial charge on any atom is 0.0547 e. The van der Waals surface area contributed by atoms with Gasteiger partial charge in [0.1, 0.15) is 0 Å². The molecule has 1 aliphatic rings. The van der Waals surface area contributed by atoms with Crippen LogP contribution in [0.3, 0.4) is 0 Å². The molecule has 1 aromatic heterocycles. The lowest BCUT2D eigenvalue weighted by Crippen LogP contribution is -2.44. The van der Waals surface area contributed by atoms with E-state index in [4.69, 9.17) is 5.73 Å².